The molecule has 0 heterocycles. The lowest BCUT2D eigenvalue weighted by Crippen LogP contribution is -2.28. The van der Waals surface area contributed by atoms with Crippen LogP contribution in [0.4, 0.5) is 8.78 Å². The van der Waals surface area contributed by atoms with Gasteiger partial charge in [0.15, 0.2) is 11.6 Å². The zero-order chi connectivity index (χ0) is 24.6. The van der Waals surface area contributed by atoms with E-state index in [-0.39, 0.29) is 24.0 Å². The van der Waals surface area contributed by atoms with E-state index in [1.807, 2.05) is 6.08 Å². The van der Waals surface area contributed by atoms with Crippen LogP contribution >= 0.6 is 0 Å². The van der Waals surface area contributed by atoms with Crippen molar-refractivity contribution in [1.29, 1.82) is 0 Å². The van der Waals surface area contributed by atoms with Crippen molar-refractivity contribution in [2.75, 3.05) is 6.61 Å². The lowest BCUT2D eigenvalue weighted by Gasteiger charge is -2.38. The fourth-order valence-electron chi connectivity index (χ4n) is 6.03. The molecule has 2 aromatic carbocycles. The molecule has 2 aliphatic carbocycles. The van der Waals surface area contributed by atoms with Crippen molar-refractivity contribution in [3.63, 3.8) is 0 Å². The van der Waals surface area contributed by atoms with Gasteiger partial charge in [-0.2, -0.15) is 4.39 Å². The van der Waals surface area contributed by atoms with Crippen molar-refractivity contribution in [3.05, 3.63) is 77.4 Å². The van der Waals surface area contributed by atoms with E-state index in [2.05, 4.69) is 30.8 Å². The maximum atomic E-state index is 14.3. The summed E-state index contributed by atoms with van der Waals surface area (Å²) in [5.41, 5.74) is 3.16. The van der Waals surface area contributed by atoms with Gasteiger partial charge in [0.1, 0.15) is 0 Å². The van der Waals surface area contributed by atoms with Gasteiger partial charge in [0.2, 0.25) is 5.82 Å². The highest BCUT2D eigenvalue weighted by Gasteiger charge is 2.31. The normalized spacial score (nSPS) is 24.8. The molecule has 190 valence electrons. The number of aryl methyl sites for hydroxylation is 1. The summed E-state index contributed by atoms with van der Waals surface area (Å²) in [5, 5.41) is 0. The van der Waals surface area contributed by atoms with Gasteiger partial charge >= 0.3 is 0 Å². The maximum absolute atomic E-state index is 14.3. The molecule has 4 heteroatoms. The van der Waals surface area contributed by atoms with Crippen LogP contribution in [0.5, 0.6) is 5.75 Å². The summed E-state index contributed by atoms with van der Waals surface area (Å²) in [5.74, 6) is 0.477. The first-order chi connectivity index (χ1) is 17.1. The van der Waals surface area contributed by atoms with Crippen molar-refractivity contribution in [3.8, 4) is 5.75 Å². The molecule has 0 atom stereocenters. The monoisotopic (exact) mass is 482 g/mol. The quantitative estimate of drug-likeness (QED) is 0.316. The standard InChI is InChI=1S/C31H40F2O2/c1-3-5-6-22-7-9-23(10-8-22)24-11-13-25(14-12-24)26-15-18-28(19-16-26)35-21-27-17-20-29(34-4-2)31(33)30(27)32/h3,7-10,17,20,24-26,28H,1,4-6,11-16,18-19,21H2,2H3. The van der Waals surface area contributed by atoms with Crippen LogP contribution in [0.1, 0.15) is 87.3 Å². The minimum Gasteiger partial charge on any atom is -0.491 e. The highest BCUT2D eigenvalue weighted by molar-refractivity contribution is 5.31. The lowest BCUT2D eigenvalue weighted by molar-refractivity contribution is -0.00324. The zero-order valence-corrected chi connectivity index (χ0v) is 21.1. The molecule has 0 saturated heterocycles. The van der Waals surface area contributed by atoms with Crippen molar-refractivity contribution in [1.82, 2.24) is 0 Å². The summed E-state index contributed by atoms with van der Waals surface area (Å²) in [6.45, 7) is 5.98. The van der Waals surface area contributed by atoms with Crippen LogP contribution in [-0.4, -0.2) is 12.7 Å². The van der Waals surface area contributed by atoms with Crippen LogP contribution in [0.3, 0.4) is 0 Å². The van der Waals surface area contributed by atoms with Gasteiger partial charge in [0, 0.05) is 5.56 Å². The van der Waals surface area contributed by atoms with Crippen LogP contribution < -0.4 is 4.74 Å². The van der Waals surface area contributed by atoms with Gasteiger partial charge in [-0.25, -0.2) is 4.39 Å². The average Bonchev–Trinajstić information content (AvgIpc) is 2.90. The Balaban J connectivity index is 1.19. The molecule has 2 fully saturated rings. The van der Waals surface area contributed by atoms with Gasteiger partial charge in [-0.3, -0.25) is 0 Å². The molecule has 2 nitrogen and oxygen atoms in total. The number of rotatable bonds is 10. The third-order valence-corrected chi connectivity index (χ3v) is 8.15. The van der Waals surface area contributed by atoms with E-state index in [4.69, 9.17) is 9.47 Å². The van der Waals surface area contributed by atoms with Crippen LogP contribution in [0.15, 0.2) is 49.1 Å². The second-order valence-corrected chi connectivity index (χ2v) is 10.3. The van der Waals surface area contributed by atoms with Gasteiger partial charge < -0.3 is 9.47 Å². The molecule has 0 spiro atoms. The second kappa shape index (κ2) is 12.7. The van der Waals surface area contributed by atoms with Crippen LogP contribution in [0, 0.1) is 23.5 Å². The van der Waals surface area contributed by atoms with E-state index in [0.29, 0.717) is 12.5 Å². The van der Waals surface area contributed by atoms with Gasteiger partial charge in [-0.1, -0.05) is 30.3 Å². The van der Waals surface area contributed by atoms with E-state index in [9.17, 15) is 8.78 Å². The molecule has 0 unspecified atom stereocenters. The van der Waals surface area contributed by atoms with Crippen molar-refractivity contribution in [2.45, 2.75) is 89.8 Å². The summed E-state index contributed by atoms with van der Waals surface area (Å²) in [6, 6.07) is 12.3. The van der Waals surface area contributed by atoms with Gasteiger partial charge in [-0.05, 0) is 112 Å². The Morgan fingerprint density at radius 2 is 1.51 bits per heavy atom. The largest absolute Gasteiger partial charge is 0.491 e. The molecule has 0 aliphatic heterocycles. The first-order valence-electron chi connectivity index (χ1n) is 13.5. The molecule has 35 heavy (non-hydrogen) atoms. The SMILES string of the molecule is C=CCCc1ccc(C2CCC(C3CCC(OCc4ccc(OCC)c(F)c4F)CC3)CC2)cc1. The topological polar surface area (TPSA) is 18.5 Å². The molecule has 0 radical (unpaired) electrons. The first-order valence-corrected chi connectivity index (χ1v) is 13.5. The number of hydrogen-bond acceptors (Lipinski definition) is 2. The van der Waals surface area contributed by atoms with E-state index in [1.165, 1.54) is 55.7 Å². The van der Waals surface area contributed by atoms with E-state index in [1.54, 1.807) is 13.0 Å². The summed E-state index contributed by atoms with van der Waals surface area (Å²) in [4.78, 5) is 0. The van der Waals surface area contributed by atoms with Gasteiger partial charge in [0.25, 0.3) is 0 Å². The molecule has 0 bridgehead atoms. The Morgan fingerprint density at radius 3 is 2.14 bits per heavy atom. The third kappa shape index (κ3) is 6.73. The summed E-state index contributed by atoms with van der Waals surface area (Å²) < 4.78 is 39.6. The molecule has 0 N–H and O–H groups in total. The number of allylic oxidation sites excluding steroid dienone is 1. The zero-order valence-electron chi connectivity index (χ0n) is 21.1. The van der Waals surface area contributed by atoms with E-state index >= 15 is 0 Å². The predicted octanol–water partition coefficient (Wildman–Crippen LogP) is 8.53. The molecule has 2 aliphatic rings. The minimum atomic E-state index is -0.920. The Kier molecular flexibility index (Phi) is 9.37. The summed E-state index contributed by atoms with van der Waals surface area (Å²) in [7, 11) is 0. The fourth-order valence-corrected chi connectivity index (χ4v) is 6.03. The van der Waals surface area contributed by atoms with Crippen LogP contribution in [0.25, 0.3) is 0 Å². The molecular weight excluding hydrogens is 442 g/mol. The molecule has 2 saturated carbocycles. The Labute approximate surface area is 209 Å². The second-order valence-electron chi connectivity index (χ2n) is 10.3. The Hall–Kier alpha value is -2.20. The van der Waals surface area contributed by atoms with Crippen LogP contribution in [0.2, 0.25) is 0 Å². The molecule has 2 aromatic rings. The number of ether oxygens (including phenoxy) is 2. The van der Waals surface area contributed by atoms with Crippen molar-refractivity contribution < 1.29 is 18.3 Å². The Bertz CT molecular complexity index is 939. The van der Waals surface area contributed by atoms with Crippen molar-refractivity contribution >= 4 is 0 Å². The minimum absolute atomic E-state index is 0.0375. The highest BCUT2D eigenvalue weighted by atomic mass is 19.2. The van der Waals surface area contributed by atoms with Crippen LogP contribution in [-0.2, 0) is 17.8 Å². The van der Waals surface area contributed by atoms with Gasteiger partial charge in [-0.15, -0.1) is 6.58 Å². The summed E-state index contributed by atoms with van der Waals surface area (Å²) >= 11 is 0. The fraction of sp³-hybridized carbons (Fsp3) is 0.548. The van der Waals surface area contributed by atoms with E-state index < -0.39 is 11.6 Å². The number of halogens is 2. The third-order valence-electron chi connectivity index (χ3n) is 8.15. The molecule has 4 rings (SSSR count). The van der Waals surface area contributed by atoms with E-state index in [0.717, 1.165) is 37.5 Å². The Morgan fingerprint density at radius 1 is 0.857 bits per heavy atom. The predicted molar refractivity (Wildman–Crippen MR) is 138 cm³/mol. The lowest BCUT2D eigenvalue weighted by atomic mass is 9.69. The number of benzene rings is 2. The highest BCUT2D eigenvalue weighted by Crippen LogP contribution is 2.43. The maximum Gasteiger partial charge on any atom is 0.200 e. The molecular formula is C31H40F2O2. The smallest absolute Gasteiger partial charge is 0.200 e. The number of hydrogen-bond donors (Lipinski definition) is 0. The van der Waals surface area contributed by atoms with Crippen molar-refractivity contribution in [2.24, 2.45) is 11.8 Å². The first kappa shape index (κ1) is 25.9. The average molecular weight is 483 g/mol. The molecule has 0 aromatic heterocycles. The molecule has 0 amide bonds. The summed E-state index contributed by atoms with van der Waals surface area (Å²) in [6.07, 6.45) is 13.8. The van der Waals surface area contributed by atoms with Gasteiger partial charge in [0.05, 0.1) is 19.3 Å².